The summed E-state index contributed by atoms with van der Waals surface area (Å²) in [7, 11) is 0. The molecule has 0 radical (unpaired) electrons. The molecule has 0 saturated carbocycles. The van der Waals surface area contributed by atoms with Crippen molar-refractivity contribution in [2.24, 2.45) is 0 Å². The van der Waals surface area contributed by atoms with E-state index in [-0.39, 0.29) is 29.4 Å². The van der Waals surface area contributed by atoms with Crippen molar-refractivity contribution in [3.63, 3.8) is 0 Å². The number of aliphatic hydroxyl groups is 2. The molecule has 0 atom stereocenters. The Morgan fingerprint density at radius 2 is 0.676 bits per heavy atom. The fraction of sp³-hybridized carbons (Fsp3) is 0.826. The fourth-order valence-corrected chi connectivity index (χ4v) is 6.54. The molecule has 0 spiro atoms. The molecular weight excluding hydrogens is 565 g/mol. The fourth-order valence-electron chi connectivity index (χ4n) is 3.87. The standard InChI is InChI=1S/C23H40O10S4/c24-18(25)13-34-9-1-5-22(32,6-2-10-35-14-19(26)27)17-23(33,7-3-11-36-15-20(28)29)8-4-12-37-16-21(30)31/h32-33H,1-17H2,(H,24,25)(H,26,27)(H,28,29)(H,30,31). The number of hydrogen-bond donors (Lipinski definition) is 6. The van der Waals surface area contributed by atoms with E-state index in [0.717, 1.165) is 0 Å². The molecule has 14 heteroatoms. The zero-order valence-electron chi connectivity index (χ0n) is 21.0. The summed E-state index contributed by atoms with van der Waals surface area (Å²) in [5.41, 5.74) is -2.46. The SMILES string of the molecule is O=C(O)CSCCCC(O)(CCCSCC(=O)O)CC(O)(CCCSCC(=O)O)CCCSCC(=O)O. The first-order chi connectivity index (χ1) is 17.4. The molecule has 0 aromatic rings. The van der Waals surface area contributed by atoms with E-state index in [1.54, 1.807) is 0 Å². The third kappa shape index (κ3) is 22.9. The lowest BCUT2D eigenvalue weighted by Gasteiger charge is -2.38. The number of aliphatic carboxylic acids is 4. The Balaban J connectivity index is 5.20. The Kier molecular flexibility index (Phi) is 20.6. The minimum Gasteiger partial charge on any atom is -0.481 e. The highest BCUT2D eigenvalue weighted by atomic mass is 32.2. The van der Waals surface area contributed by atoms with Crippen molar-refractivity contribution in [3.8, 4) is 0 Å². The molecule has 0 fully saturated rings. The summed E-state index contributed by atoms with van der Waals surface area (Å²) in [5.74, 6) is -1.61. The molecule has 0 aliphatic carbocycles. The highest BCUT2D eigenvalue weighted by molar-refractivity contribution is 8.00. The van der Waals surface area contributed by atoms with Crippen molar-refractivity contribution >= 4 is 70.9 Å². The topological polar surface area (TPSA) is 190 Å². The Hall–Kier alpha value is -0.800. The molecule has 0 aliphatic heterocycles. The molecule has 10 nitrogen and oxygen atoms in total. The molecule has 0 rings (SSSR count). The van der Waals surface area contributed by atoms with Gasteiger partial charge >= 0.3 is 23.9 Å². The van der Waals surface area contributed by atoms with Crippen molar-refractivity contribution in [3.05, 3.63) is 0 Å². The molecule has 0 heterocycles. The highest BCUT2D eigenvalue weighted by Gasteiger charge is 2.37. The van der Waals surface area contributed by atoms with Gasteiger partial charge in [-0.3, -0.25) is 19.2 Å². The van der Waals surface area contributed by atoms with E-state index in [1.807, 2.05) is 0 Å². The van der Waals surface area contributed by atoms with Gasteiger partial charge in [-0.15, -0.1) is 0 Å². The lowest BCUT2D eigenvalue weighted by molar-refractivity contribution is -0.134. The van der Waals surface area contributed by atoms with Crippen LogP contribution in [0.5, 0.6) is 0 Å². The van der Waals surface area contributed by atoms with Crippen LogP contribution in [0.4, 0.5) is 0 Å². The van der Waals surface area contributed by atoms with Gasteiger partial charge in [0.15, 0.2) is 0 Å². The lowest BCUT2D eigenvalue weighted by Crippen LogP contribution is -2.42. The van der Waals surface area contributed by atoms with Gasteiger partial charge in [-0.1, -0.05) is 0 Å². The maximum atomic E-state index is 11.5. The second kappa shape index (κ2) is 21.1. The van der Waals surface area contributed by atoms with E-state index in [0.29, 0.717) is 74.4 Å². The summed E-state index contributed by atoms with van der Waals surface area (Å²) in [6.45, 7) is 0. The Labute approximate surface area is 235 Å². The molecular formula is C23H40O10S4. The van der Waals surface area contributed by atoms with Gasteiger partial charge < -0.3 is 30.6 Å². The number of thioether (sulfide) groups is 4. The second-order valence-electron chi connectivity index (χ2n) is 8.82. The minimum absolute atomic E-state index is 0.0315. The van der Waals surface area contributed by atoms with Crippen LogP contribution >= 0.6 is 47.0 Å². The van der Waals surface area contributed by atoms with Crippen molar-refractivity contribution in [2.45, 2.75) is 69.0 Å². The summed E-state index contributed by atoms with van der Waals surface area (Å²) in [5, 5.41) is 58.3. The van der Waals surface area contributed by atoms with Crippen LogP contribution in [0.1, 0.15) is 57.8 Å². The molecule has 0 unspecified atom stereocenters. The molecule has 0 aliphatic rings. The van der Waals surface area contributed by atoms with E-state index in [2.05, 4.69) is 0 Å². The van der Waals surface area contributed by atoms with Gasteiger partial charge in [0, 0.05) is 6.42 Å². The van der Waals surface area contributed by atoms with Gasteiger partial charge in [0.1, 0.15) is 0 Å². The van der Waals surface area contributed by atoms with Crippen LogP contribution in [0.3, 0.4) is 0 Å². The van der Waals surface area contributed by atoms with Gasteiger partial charge in [-0.2, -0.15) is 47.0 Å². The Morgan fingerprint density at radius 1 is 0.459 bits per heavy atom. The largest absolute Gasteiger partial charge is 0.481 e. The molecule has 216 valence electrons. The zero-order valence-corrected chi connectivity index (χ0v) is 24.2. The van der Waals surface area contributed by atoms with Gasteiger partial charge in [-0.25, -0.2) is 0 Å². The van der Waals surface area contributed by atoms with Crippen LogP contribution in [0, 0.1) is 0 Å². The summed E-state index contributed by atoms with van der Waals surface area (Å²) < 4.78 is 0. The number of carbonyl (C=O) groups is 4. The minimum atomic E-state index is -1.23. The number of rotatable bonds is 26. The first-order valence-electron chi connectivity index (χ1n) is 12.0. The summed E-state index contributed by atoms with van der Waals surface area (Å²) >= 11 is 5.02. The van der Waals surface area contributed by atoms with E-state index in [1.165, 1.54) is 47.0 Å². The predicted molar refractivity (Wildman–Crippen MR) is 151 cm³/mol. The van der Waals surface area contributed by atoms with E-state index < -0.39 is 35.1 Å². The third-order valence-corrected chi connectivity index (χ3v) is 9.40. The van der Waals surface area contributed by atoms with Crippen molar-refractivity contribution < 1.29 is 49.8 Å². The third-order valence-electron chi connectivity index (χ3n) is 5.28. The summed E-state index contributed by atoms with van der Waals surface area (Å²) in [6, 6.07) is 0. The van der Waals surface area contributed by atoms with Crippen LogP contribution in [-0.4, -0.2) is 112 Å². The molecule has 6 N–H and O–H groups in total. The van der Waals surface area contributed by atoms with Crippen LogP contribution < -0.4 is 0 Å². The maximum Gasteiger partial charge on any atom is 0.313 e. The molecule has 0 amide bonds. The molecule has 37 heavy (non-hydrogen) atoms. The van der Waals surface area contributed by atoms with E-state index >= 15 is 0 Å². The molecule has 0 aromatic heterocycles. The highest BCUT2D eigenvalue weighted by Crippen LogP contribution is 2.36. The van der Waals surface area contributed by atoms with Crippen LogP contribution in [0.2, 0.25) is 0 Å². The normalized spacial score (nSPS) is 11.9. The van der Waals surface area contributed by atoms with Crippen LogP contribution in [0.15, 0.2) is 0 Å². The average Bonchev–Trinajstić information content (AvgIpc) is 2.77. The smallest absolute Gasteiger partial charge is 0.313 e. The van der Waals surface area contributed by atoms with Gasteiger partial charge in [-0.05, 0) is 74.4 Å². The Bertz CT molecular complexity index is 588. The average molecular weight is 605 g/mol. The van der Waals surface area contributed by atoms with Crippen molar-refractivity contribution in [2.75, 3.05) is 46.0 Å². The number of carboxylic acids is 4. The quantitative estimate of drug-likeness (QED) is 0.0789. The monoisotopic (exact) mass is 604 g/mol. The van der Waals surface area contributed by atoms with Crippen molar-refractivity contribution in [1.29, 1.82) is 0 Å². The zero-order chi connectivity index (χ0) is 28.2. The first-order valence-corrected chi connectivity index (χ1v) is 16.6. The summed E-state index contributed by atoms with van der Waals surface area (Å²) in [6.07, 6.45) is 3.71. The molecule has 0 aromatic carbocycles. The number of hydrogen-bond acceptors (Lipinski definition) is 10. The van der Waals surface area contributed by atoms with Crippen molar-refractivity contribution in [1.82, 2.24) is 0 Å². The van der Waals surface area contributed by atoms with E-state index in [4.69, 9.17) is 20.4 Å². The first kappa shape index (κ1) is 36.2. The lowest BCUT2D eigenvalue weighted by atomic mass is 9.77. The second-order valence-corrected chi connectivity index (χ2v) is 13.2. The molecule has 0 bridgehead atoms. The van der Waals surface area contributed by atoms with E-state index in [9.17, 15) is 29.4 Å². The van der Waals surface area contributed by atoms with Gasteiger partial charge in [0.05, 0.1) is 34.2 Å². The van der Waals surface area contributed by atoms with Crippen LogP contribution in [-0.2, 0) is 19.2 Å². The van der Waals surface area contributed by atoms with Crippen LogP contribution in [0.25, 0.3) is 0 Å². The molecule has 0 saturated heterocycles. The summed E-state index contributed by atoms with van der Waals surface area (Å²) in [4.78, 5) is 43.0. The Morgan fingerprint density at radius 3 is 0.865 bits per heavy atom. The van der Waals surface area contributed by atoms with Gasteiger partial charge in [0.25, 0.3) is 0 Å². The maximum absolute atomic E-state index is 11.5. The number of carboxylic acid groups (broad SMARTS) is 4. The van der Waals surface area contributed by atoms with Gasteiger partial charge in [0.2, 0.25) is 0 Å². The predicted octanol–water partition coefficient (Wildman–Crippen LogP) is 3.23.